The second-order valence-electron chi connectivity index (χ2n) is 5.93. The summed E-state index contributed by atoms with van der Waals surface area (Å²) in [6, 6.07) is 7.07. The molecule has 0 spiro atoms. The first-order valence-electron chi connectivity index (χ1n) is 7.69. The minimum atomic E-state index is -0.499. The summed E-state index contributed by atoms with van der Waals surface area (Å²) in [7, 11) is 3.99. The predicted octanol–water partition coefficient (Wildman–Crippen LogP) is 3.37. The third-order valence-corrected chi connectivity index (χ3v) is 4.70. The largest absolute Gasteiger partial charge is 0.376 e. The number of nitrogens with one attached hydrogen (secondary N) is 1. The van der Waals surface area contributed by atoms with Gasteiger partial charge in [-0.25, -0.2) is 0 Å². The number of amides is 1. The lowest BCUT2D eigenvalue weighted by Gasteiger charge is -2.34. The second-order valence-corrected chi connectivity index (χ2v) is 6.78. The van der Waals surface area contributed by atoms with Gasteiger partial charge < -0.3 is 15.1 Å². The Kier molecular flexibility index (Phi) is 6.50. The molecule has 0 saturated carbocycles. The van der Waals surface area contributed by atoms with Crippen molar-refractivity contribution in [3.63, 3.8) is 0 Å². The number of halogens is 2. The molecule has 1 aromatic rings. The van der Waals surface area contributed by atoms with E-state index >= 15 is 0 Å². The van der Waals surface area contributed by atoms with Crippen LogP contribution in [0, 0.1) is 11.3 Å². The molecule has 7 heteroatoms. The molecule has 0 aliphatic carbocycles. The van der Waals surface area contributed by atoms with Crippen molar-refractivity contribution >= 4 is 34.8 Å². The first-order valence-corrected chi connectivity index (χ1v) is 8.45. The monoisotopic (exact) mass is 366 g/mol. The molecule has 5 nitrogen and oxygen atoms in total. The third kappa shape index (κ3) is 4.88. The van der Waals surface area contributed by atoms with Crippen LogP contribution in [0.4, 0.5) is 5.69 Å². The maximum atomic E-state index is 12.3. The predicted molar refractivity (Wildman–Crippen MR) is 97.1 cm³/mol. The van der Waals surface area contributed by atoms with Gasteiger partial charge in [-0.15, -0.1) is 0 Å². The summed E-state index contributed by atoms with van der Waals surface area (Å²) in [5, 5.41) is 12.8. The lowest BCUT2D eigenvalue weighted by molar-refractivity contribution is -0.112. The number of rotatable bonds is 4. The van der Waals surface area contributed by atoms with Gasteiger partial charge in [-0.1, -0.05) is 23.2 Å². The van der Waals surface area contributed by atoms with E-state index in [0.717, 1.165) is 25.9 Å². The van der Waals surface area contributed by atoms with Crippen molar-refractivity contribution < 1.29 is 4.79 Å². The first-order chi connectivity index (χ1) is 11.4. The molecule has 1 N–H and O–H groups in total. The molecule has 1 amide bonds. The molecule has 128 valence electrons. The average Bonchev–Trinajstić information content (AvgIpc) is 2.56. The van der Waals surface area contributed by atoms with Gasteiger partial charge in [0, 0.05) is 24.3 Å². The summed E-state index contributed by atoms with van der Waals surface area (Å²) in [5.41, 5.74) is 0.421. The number of hydrogen-bond acceptors (Lipinski definition) is 4. The van der Waals surface area contributed by atoms with Crippen molar-refractivity contribution in [2.75, 3.05) is 32.5 Å². The summed E-state index contributed by atoms with van der Waals surface area (Å²) in [4.78, 5) is 16.6. The molecule has 0 aromatic heterocycles. The van der Waals surface area contributed by atoms with Gasteiger partial charge in [-0.05, 0) is 51.2 Å². The van der Waals surface area contributed by atoms with Crippen molar-refractivity contribution in [3.8, 4) is 6.07 Å². The normalized spacial score (nSPS) is 16.5. The van der Waals surface area contributed by atoms with Gasteiger partial charge in [-0.2, -0.15) is 5.26 Å². The number of nitrogens with zero attached hydrogens (tertiary/aromatic N) is 3. The Morgan fingerprint density at radius 3 is 2.71 bits per heavy atom. The molecule has 2 rings (SSSR count). The van der Waals surface area contributed by atoms with Gasteiger partial charge in [0.1, 0.15) is 11.6 Å². The molecule has 0 bridgehead atoms. The molecule has 1 aliphatic heterocycles. The van der Waals surface area contributed by atoms with Crippen molar-refractivity contribution in [3.05, 3.63) is 40.0 Å². The number of carbonyl (C=O) groups is 1. The fraction of sp³-hybridized carbons (Fsp3) is 0.412. The Bertz CT molecular complexity index is 676. The lowest BCUT2D eigenvalue weighted by atomic mass is 10.0. The number of likely N-dealkylation sites (tertiary alicyclic amines) is 1. The summed E-state index contributed by atoms with van der Waals surface area (Å²) >= 11 is 11.9. The molecular formula is C17H20Cl2N4O. The Morgan fingerprint density at radius 2 is 2.08 bits per heavy atom. The van der Waals surface area contributed by atoms with Crippen LogP contribution in [0.1, 0.15) is 12.8 Å². The molecular weight excluding hydrogens is 347 g/mol. The highest BCUT2D eigenvalue weighted by Crippen LogP contribution is 2.26. The topological polar surface area (TPSA) is 59.4 Å². The molecule has 0 atom stereocenters. The molecule has 1 fully saturated rings. The van der Waals surface area contributed by atoms with Crippen molar-refractivity contribution in [2.24, 2.45) is 0 Å². The van der Waals surface area contributed by atoms with Crippen LogP contribution in [-0.4, -0.2) is 48.9 Å². The zero-order chi connectivity index (χ0) is 17.7. The van der Waals surface area contributed by atoms with E-state index in [1.165, 1.54) is 0 Å². The Balaban J connectivity index is 2.08. The van der Waals surface area contributed by atoms with Crippen LogP contribution in [0.5, 0.6) is 0 Å². The van der Waals surface area contributed by atoms with Crippen LogP contribution < -0.4 is 5.32 Å². The van der Waals surface area contributed by atoms with Gasteiger partial charge >= 0.3 is 0 Å². The third-order valence-electron chi connectivity index (χ3n) is 4.14. The van der Waals surface area contributed by atoms with E-state index in [4.69, 9.17) is 23.2 Å². The second kappa shape index (κ2) is 8.39. The van der Waals surface area contributed by atoms with E-state index < -0.39 is 5.91 Å². The smallest absolute Gasteiger partial charge is 0.267 e. The highest BCUT2D eigenvalue weighted by Gasteiger charge is 2.20. The number of nitriles is 1. The van der Waals surface area contributed by atoms with Crippen LogP contribution in [0.2, 0.25) is 10.0 Å². The Hall–Kier alpha value is -1.74. The zero-order valence-electron chi connectivity index (χ0n) is 13.7. The minimum Gasteiger partial charge on any atom is -0.376 e. The van der Waals surface area contributed by atoms with E-state index in [2.05, 4.69) is 17.3 Å². The van der Waals surface area contributed by atoms with Crippen LogP contribution in [0.15, 0.2) is 30.0 Å². The maximum Gasteiger partial charge on any atom is 0.267 e. The van der Waals surface area contributed by atoms with E-state index in [1.54, 1.807) is 24.4 Å². The lowest BCUT2D eigenvalue weighted by Crippen LogP contribution is -2.40. The van der Waals surface area contributed by atoms with Gasteiger partial charge in [0.15, 0.2) is 0 Å². The van der Waals surface area contributed by atoms with Gasteiger partial charge in [0.2, 0.25) is 0 Å². The standard InChI is InChI=1S/C17H20Cl2N4O/c1-22-7-5-14(6-8-22)23(2)11-12(10-20)17(24)21-16-9-13(18)3-4-15(16)19/h3-4,9,11,14H,5-8H2,1-2H3,(H,21,24)/b12-11-. The molecule has 0 radical (unpaired) electrons. The molecule has 1 heterocycles. The van der Waals surface area contributed by atoms with Crippen molar-refractivity contribution in [1.82, 2.24) is 9.80 Å². The van der Waals surface area contributed by atoms with E-state index in [9.17, 15) is 10.1 Å². The van der Waals surface area contributed by atoms with Crippen molar-refractivity contribution in [1.29, 1.82) is 5.26 Å². The number of piperidine rings is 1. The van der Waals surface area contributed by atoms with Crippen LogP contribution in [-0.2, 0) is 4.79 Å². The zero-order valence-corrected chi connectivity index (χ0v) is 15.2. The van der Waals surface area contributed by atoms with E-state index in [0.29, 0.717) is 21.8 Å². The average molecular weight is 367 g/mol. The molecule has 24 heavy (non-hydrogen) atoms. The summed E-state index contributed by atoms with van der Waals surface area (Å²) in [6.07, 6.45) is 3.61. The van der Waals surface area contributed by atoms with Crippen LogP contribution in [0.25, 0.3) is 0 Å². The maximum absolute atomic E-state index is 12.3. The first kappa shape index (κ1) is 18.6. The molecule has 1 aromatic carbocycles. The highest BCUT2D eigenvalue weighted by atomic mass is 35.5. The minimum absolute atomic E-state index is 0.0347. The number of benzene rings is 1. The Morgan fingerprint density at radius 1 is 1.42 bits per heavy atom. The highest BCUT2D eigenvalue weighted by molar-refractivity contribution is 6.35. The van der Waals surface area contributed by atoms with Crippen molar-refractivity contribution in [2.45, 2.75) is 18.9 Å². The van der Waals surface area contributed by atoms with E-state index in [-0.39, 0.29) is 5.57 Å². The van der Waals surface area contributed by atoms with Gasteiger partial charge in [-0.3, -0.25) is 4.79 Å². The number of anilines is 1. The quantitative estimate of drug-likeness (QED) is 0.655. The van der Waals surface area contributed by atoms with Gasteiger partial charge in [0.25, 0.3) is 5.91 Å². The summed E-state index contributed by atoms with van der Waals surface area (Å²) in [6.45, 7) is 2.02. The van der Waals surface area contributed by atoms with Crippen LogP contribution in [0.3, 0.4) is 0 Å². The van der Waals surface area contributed by atoms with Crippen LogP contribution >= 0.6 is 23.2 Å². The fourth-order valence-corrected chi connectivity index (χ4v) is 2.97. The SMILES string of the molecule is CN1CCC(N(C)/C=C(/C#N)C(=O)Nc2cc(Cl)ccc2Cl)CC1. The Labute approximate surface area is 152 Å². The fourth-order valence-electron chi connectivity index (χ4n) is 2.63. The molecule has 0 unspecified atom stereocenters. The van der Waals surface area contributed by atoms with Gasteiger partial charge in [0.05, 0.1) is 10.7 Å². The summed E-state index contributed by atoms with van der Waals surface area (Å²) in [5.74, 6) is -0.499. The van der Waals surface area contributed by atoms with E-state index in [1.807, 2.05) is 18.0 Å². The number of hydrogen-bond donors (Lipinski definition) is 1. The summed E-state index contributed by atoms with van der Waals surface area (Å²) < 4.78 is 0. The molecule has 1 saturated heterocycles. The molecule has 1 aliphatic rings. The number of carbonyl (C=O) groups excluding carboxylic acids is 1.